The lowest BCUT2D eigenvalue weighted by Crippen LogP contribution is -2.65. The monoisotopic (exact) mass is 665 g/mol. The fourth-order valence-corrected chi connectivity index (χ4v) is 8.32. The van der Waals surface area contributed by atoms with Gasteiger partial charge in [0, 0.05) is 12.6 Å². The predicted molar refractivity (Wildman–Crippen MR) is 175 cm³/mol. The van der Waals surface area contributed by atoms with Gasteiger partial charge in [0.1, 0.15) is 12.1 Å². The van der Waals surface area contributed by atoms with Crippen LogP contribution in [0, 0.1) is 5.41 Å². The Hall–Kier alpha value is -2.54. The average Bonchev–Trinajstić information content (AvgIpc) is 3.71. The molecule has 13 heteroatoms. The summed E-state index contributed by atoms with van der Waals surface area (Å²) in [6.45, 7) is 6.00. The minimum Gasteiger partial charge on any atom is -0.347 e. The average molecular weight is 666 g/mol. The maximum Gasteiger partial charge on any atom is 0.315 e. The third-order valence-corrected chi connectivity index (χ3v) is 11.9. The van der Waals surface area contributed by atoms with Gasteiger partial charge in [-0.1, -0.05) is 65.2 Å². The first-order chi connectivity index (χ1) is 21.9. The van der Waals surface area contributed by atoms with Crippen LogP contribution < -0.4 is 21.3 Å². The maximum absolute atomic E-state index is 14.4. The lowest BCUT2D eigenvalue weighted by Gasteiger charge is -2.44. The van der Waals surface area contributed by atoms with Crippen LogP contribution in [-0.2, 0) is 30.3 Å². The van der Waals surface area contributed by atoms with Gasteiger partial charge in [-0.2, -0.15) is 0 Å². The second-order valence-corrected chi connectivity index (χ2v) is 15.6. The van der Waals surface area contributed by atoms with Gasteiger partial charge in [-0.15, -0.1) is 0 Å². The quantitative estimate of drug-likeness (QED) is 0.140. The van der Waals surface area contributed by atoms with E-state index < -0.39 is 69.0 Å². The number of ketones is 1. The smallest absolute Gasteiger partial charge is 0.315 e. The zero-order chi connectivity index (χ0) is 33.5. The normalized spacial score (nSPS) is 25.0. The molecular weight excluding hydrogens is 610 g/mol. The zero-order valence-corrected chi connectivity index (χ0v) is 28.7. The first kappa shape index (κ1) is 36.3. The van der Waals surface area contributed by atoms with E-state index in [2.05, 4.69) is 21.3 Å². The number of hydrogen-bond acceptors (Lipinski definition) is 6. The summed E-state index contributed by atoms with van der Waals surface area (Å²) in [6.07, 6.45) is 12.6. The van der Waals surface area contributed by atoms with Crippen molar-refractivity contribution in [1.29, 1.82) is 0 Å². The van der Waals surface area contributed by atoms with Crippen molar-refractivity contribution in [3.63, 3.8) is 0 Å². The van der Waals surface area contributed by atoms with Crippen molar-refractivity contribution in [2.75, 3.05) is 6.54 Å². The summed E-state index contributed by atoms with van der Waals surface area (Å²) >= 11 is -2.13. The fourth-order valence-electron chi connectivity index (χ4n) is 7.64. The van der Waals surface area contributed by atoms with Crippen molar-refractivity contribution in [2.45, 2.75) is 165 Å². The lowest BCUT2D eigenvalue weighted by atomic mass is 9.70. The zero-order valence-electron chi connectivity index (χ0n) is 27.9. The molecule has 1 heterocycles. The Morgan fingerprint density at radius 1 is 0.913 bits per heavy atom. The molecule has 1 aliphatic heterocycles. The molecule has 3 saturated carbocycles. The molecule has 4 fully saturated rings. The number of nitrogens with one attached hydrogen (secondary N) is 4. The molecule has 0 aromatic carbocycles. The van der Waals surface area contributed by atoms with Crippen molar-refractivity contribution in [3.8, 4) is 0 Å². The largest absolute Gasteiger partial charge is 0.347 e. The van der Waals surface area contributed by atoms with E-state index in [9.17, 15) is 32.7 Å². The Labute approximate surface area is 276 Å². The number of carbonyl (C=O) groups excluding carboxylic acids is 5. The Morgan fingerprint density at radius 3 is 2.13 bits per heavy atom. The number of rotatable bonds is 14. The summed E-state index contributed by atoms with van der Waals surface area (Å²) in [7, 11) is 0. The summed E-state index contributed by atoms with van der Waals surface area (Å²) in [5.41, 5.74) is -1.40. The van der Waals surface area contributed by atoms with Crippen LogP contribution in [0.5, 0.6) is 0 Å². The van der Waals surface area contributed by atoms with Gasteiger partial charge in [0.15, 0.2) is 11.1 Å². The first-order valence-electron chi connectivity index (χ1n) is 17.5. The number of urea groups is 1. The molecule has 0 bridgehead atoms. The molecule has 260 valence electrons. The molecule has 5 atom stereocenters. The number of carbonyl (C=O) groups is 5. The standard InChI is InChI=1S/C33H55N5O7S/c1-4-5-13-24(26(39)29(41)34-23-15-16-23)35-28(40)25-14-12-21-38(25)30(42)27(32(3)17-8-6-9-18-32)36-31(43)37-33(22(2)46(44)45)19-10-7-11-20-33/h22-25,27H,4-21H2,1-3H3,(H,34,41)(H,35,40)(H,44,45)(H2,36,37,43). The summed E-state index contributed by atoms with van der Waals surface area (Å²) < 4.78 is 22.1. The van der Waals surface area contributed by atoms with E-state index in [4.69, 9.17) is 0 Å². The highest BCUT2D eigenvalue weighted by Crippen LogP contribution is 2.40. The highest BCUT2D eigenvalue weighted by atomic mass is 32.2. The summed E-state index contributed by atoms with van der Waals surface area (Å²) in [5, 5.41) is 10.9. The van der Waals surface area contributed by atoms with Crippen LogP contribution in [-0.4, -0.2) is 84.7 Å². The van der Waals surface area contributed by atoms with Gasteiger partial charge >= 0.3 is 6.03 Å². The molecule has 5 amide bonds. The van der Waals surface area contributed by atoms with Crippen molar-refractivity contribution in [2.24, 2.45) is 5.41 Å². The Bertz CT molecular complexity index is 1150. The van der Waals surface area contributed by atoms with Crippen LogP contribution in [0.4, 0.5) is 4.79 Å². The third kappa shape index (κ3) is 8.87. The highest BCUT2D eigenvalue weighted by molar-refractivity contribution is 7.80. The van der Waals surface area contributed by atoms with E-state index in [1.165, 1.54) is 4.90 Å². The Morgan fingerprint density at radius 2 is 1.54 bits per heavy atom. The van der Waals surface area contributed by atoms with Gasteiger partial charge in [-0.3, -0.25) is 19.2 Å². The molecular formula is C33H55N5O7S. The van der Waals surface area contributed by atoms with Crippen LogP contribution in [0.2, 0.25) is 0 Å². The molecule has 12 nitrogen and oxygen atoms in total. The van der Waals surface area contributed by atoms with E-state index in [1.54, 1.807) is 6.92 Å². The van der Waals surface area contributed by atoms with Gasteiger partial charge in [-0.25, -0.2) is 9.00 Å². The van der Waals surface area contributed by atoms with Crippen LogP contribution in [0.1, 0.15) is 130 Å². The minimum atomic E-state index is -2.13. The van der Waals surface area contributed by atoms with E-state index in [-0.39, 0.29) is 11.9 Å². The molecule has 0 aromatic heterocycles. The van der Waals surface area contributed by atoms with Gasteiger partial charge < -0.3 is 30.7 Å². The van der Waals surface area contributed by atoms with Crippen LogP contribution >= 0.6 is 0 Å². The molecule has 0 aromatic rings. The van der Waals surface area contributed by atoms with E-state index in [0.717, 1.165) is 70.6 Å². The molecule has 5 N–H and O–H groups in total. The van der Waals surface area contributed by atoms with Gasteiger partial charge in [0.25, 0.3) is 5.91 Å². The number of amides is 5. The van der Waals surface area contributed by atoms with Crippen molar-refractivity contribution >= 4 is 40.6 Å². The summed E-state index contributed by atoms with van der Waals surface area (Å²) in [4.78, 5) is 69.0. The van der Waals surface area contributed by atoms with E-state index >= 15 is 0 Å². The summed E-state index contributed by atoms with van der Waals surface area (Å²) in [6, 6.07) is -3.22. The number of nitrogens with zero attached hydrogens (tertiary/aromatic N) is 1. The van der Waals surface area contributed by atoms with E-state index in [0.29, 0.717) is 45.1 Å². The van der Waals surface area contributed by atoms with Gasteiger partial charge in [0.2, 0.25) is 17.6 Å². The maximum atomic E-state index is 14.4. The van der Waals surface area contributed by atoms with Crippen LogP contribution in [0.25, 0.3) is 0 Å². The molecule has 3 aliphatic carbocycles. The predicted octanol–water partition coefficient (Wildman–Crippen LogP) is 3.45. The van der Waals surface area contributed by atoms with Gasteiger partial charge in [0.05, 0.1) is 16.8 Å². The topological polar surface area (TPSA) is 174 Å². The Kier molecular flexibility index (Phi) is 12.7. The second kappa shape index (κ2) is 16.0. The van der Waals surface area contributed by atoms with Crippen molar-refractivity contribution in [3.05, 3.63) is 0 Å². The van der Waals surface area contributed by atoms with Crippen molar-refractivity contribution < 1.29 is 32.7 Å². The Balaban J connectivity index is 1.51. The number of hydrogen-bond donors (Lipinski definition) is 5. The molecule has 46 heavy (non-hydrogen) atoms. The van der Waals surface area contributed by atoms with Crippen LogP contribution in [0.3, 0.4) is 0 Å². The molecule has 4 aliphatic rings. The number of likely N-dealkylation sites (tertiary alicyclic amines) is 1. The second-order valence-electron chi connectivity index (χ2n) is 14.4. The first-order valence-corrected chi connectivity index (χ1v) is 18.7. The molecule has 5 unspecified atom stereocenters. The van der Waals surface area contributed by atoms with Crippen molar-refractivity contribution in [1.82, 2.24) is 26.2 Å². The minimum absolute atomic E-state index is 0.0201. The number of unbranched alkanes of at least 4 members (excludes halogenated alkanes) is 1. The lowest BCUT2D eigenvalue weighted by molar-refractivity contribution is -0.144. The highest BCUT2D eigenvalue weighted by Gasteiger charge is 2.48. The van der Waals surface area contributed by atoms with Gasteiger partial charge in [-0.05, 0) is 70.1 Å². The number of Topliss-reactive ketones (excluding diaryl/α,β-unsaturated/α-hetero) is 1. The third-order valence-electron chi connectivity index (χ3n) is 10.9. The fraction of sp³-hybridized carbons (Fsp3) is 0.848. The van der Waals surface area contributed by atoms with E-state index in [1.807, 2.05) is 13.8 Å². The van der Waals surface area contributed by atoms with Crippen LogP contribution in [0.15, 0.2) is 0 Å². The summed E-state index contributed by atoms with van der Waals surface area (Å²) in [5.74, 6) is -2.14. The SMILES string of the molecule is CCCCC(NC(=O)C1CCCN1C(=O)C(NC(=O)NC1(C(C)S(=O)O)CCCCC1)C1(C)CCCCC1)C(=O)C(=O)NC1CC1. The molecule has 4 rings (SSSR count). The molecule has 1 saturated heterocycles. The molecule has 0 spiro atoms. The molecule has 0 radical (unpaired) electrons.